The summed E-state index contributed by atoms with van der Waals surface area (Å²) in [6.07, 6.45) is 5.17. The number of pyridine rings is 1. The van der Waals surface area contributed by atoms with E-state index in [0.717, 1.165) is 30.0 Å². The Labute approximate surface area is 172 Å². The number of nitrogens with one attached hydrogen (secondary N) is 2. The lowest BCUT2D eigenvalue weighted by Crippen LogP contribution is -2.30. The number of ether oxygens (including phenoxy) is 3. The summed E-state index contributed by atoms with van der Waals surface area (Å²) in [6.45, 7) is 2.69. The van der Waals surface area contributed by atoms with Gasteiger partial charge in [-0.1, -0.05) is 6.07 Å². The van der Waals surface area contributed by atoms with Gasteiger partial charge in [0.25, 0.3) is 0 Å². The molecule has 0 aliphatic heterocycles. The fourth-order valence-corrected chi connectivity index (χ4v) is 2.69. The summed E-state index contributed by atoms with van der Waals surface area (Å²) in [7, 11) is 3.44. The van der Waals surface area contributed by atoms with Crippen LogP contribution in [0.3, 0.4) is 0 Å². The van der Waals surface area contributed by atoms with Crippen molar-refractivity contribution < 1.29 is 14.2 Å². The third-order valence-corrected chi connectivity index (χ3v) is 4.50. The topological polar surface area (TPSA) is 77.0 Å². The van der Waals surface area contributed by atoms with Gasteiger partial charge in [0.1, 0.15) is 5.75 Å². The minimum Gasteiger partial charge on any atom is -0.493 e. The van der Waals surface area contributed by atoms with Crippen LogP contribution >= 0.6 is 0 Å². The molecule has 7 nitrogen and oxygen atoms in total. The Bertz CT molecular complexity index is 793. The van der Waals surface area contributed by atoms with Crippen LogP contribution in [0.4, 0.5) is 5.69 Å². The Morgan fingerprint density at radius 1 is 1.17 bits per heavy atom. The average molecular weight is 399 g/mol. The van der Waals surface area contributed by atoms with Gasteiger partial charge in [-0.05, 0) is 42.5 Å². The fraction of sp³-hybridized carbons (Fsp3) is 0.455. The average Bonchev–Trinajstić information content (AvgIpc) is 3.58. The first-order valence-electron chi connectivity index (χ1n) is 10.0. The van der Waals surface area contributed by atoms with Crippen LogP contribution in [0.25, 0.3) is 0 Å². The second-order valence-electron chi connectivity index (χ2n) is 7.03. The van der Waals surface area contributed by atoms with Crippen molar-refractivity contribution in [1.29, 1.82) is 0 Å². The quantitative estimate of drug-likeness (QED) is 0.343. The lowest BCUT2D eigenvalue weighted by molar-refractivity contribution is 0.172. The number of hydrogen-bond acceptors (Lipinski definition) is 5. The maximum Gasteiger partial charge on any atom is 0.213 e. The van der Waals surface area contributed by atoms with Crippen molar-refractivity contribution in [3.63, 3.8) is 0 Å². The molecule has 1 aliphatic carbocycles. The molecule has 29 heavy (non-hydrogen) atoms. The number of nitrogens with zero attached hydrogens (tertiary/aromatic N) is 2. The van der Waals surface area contributed by atoms with Gasteiger partial charge in [0.15, 0.2) is 5.96 Å². The molecule has 1 aromatic heterocycles. The first kappa shape index (κ1) is 20.9. The van der Waals surface area contributed by atoms with Crippen LogP contribution in [-0.4, -0.2) is 44.9 Å². The molecule has 0 radical (unpaired) electrons. The SMILES string of the molecule is CN=C(NCc1ccnc(OCC2CC2)c1)Nc1cccc(OCCCOC)c1. The Kier molecular flexibility index (Phi) is 8.12. The van der Waals surface area contributed by atoms with E-state index in [4.69, 9.17) is 14.2 Å². The number of hydrogen-bond donors (Lipinski definition) is 2. The molecule has 2 N–H and O–H groups in total. The summed E-state index contributed by atoms with van der Waals surface area (Å²) >= 11 is 0. The maximum absolute atomic E-state index is 5.75. The number of methoxy groups -OCH3 is 1. The molecule has 1 aliphatic rings. The molecular weight excluding hydrogens is 368 g/mol. The predicted octanol–water partition coefficient (Wildman–Crippen LogP) is 3.47. The van der Waals surface area contributed by atoms with Crippen molar-refractivity contribution in [2.45, 2.75) is 25.8 Å². The van der Waals surface area contributed by atoms with E-state index in [-0.39, 0.29) is 0 Å². The highest BCUT2D eigenvalue weighted by atomic mass is 16.5. The third kappa shape index (κ3) is 7.62. The number of benzene rings is 1. The monoisotopic (exact) mass is 398 g/mol. The zero-order valence-electron chi connectivity index (χ0n) is 17.2. The Hall–Kier alpha value is -2.80. The van der Waals surface area contributed by atoms with Crippen LogP contribution in [0, 0.1) is 5.92 Å². The number of aliphatic imine (C=N–C) groups is 1. The number of rotatable bonds is 11. The molecule has 0 unspecified atom stereocenters. The molecule has 7 heteroatoms. The maximum atomic E-state index is 5.75. The Morgan fingerprint density at radius 2 is 2.07 bits per heavy atom. The number of aromatic nitrogens is 1. The van der Waals surface area contributed by atoms with E-state index in [1.165, 1.54) is 12.8 Å². The van der Waals surface area contributed by atoms with E-state index in [1.807, 2.05) is 36.4 Å². The summed E-state index contributed by atoms with van der Waals surface area (Å²) in [5.41, 5.74) is 1.99. The molecule has 1 heterocycles. The van der Waals surface area contributed by atoms with E-state index in [2.05, 4.69) is 20.6 Å². The van der Waals surface area contributed by atoms with Gasteiger partial charge in [-0.25, -0.2) is 4.98 Å². The summed E-state index contributed by atoms with van der Waals surface area (Å²) in [5.74, 6) is 2.88. The van der Waals surface area contributed by atoms with Gasteiger partial charge >= 0.3 is 0 Å². The molecule has 0 amide bonds. The second-order valence-corrected chi connectivity index (χ2v) is 7.03. The predicted molar refractivity (Wildman–Crippen MR) is 115 cm³/mol. The molecule has 0 bridgehead atoms. The van der Waals surface area contributed by atoms with Crippen LogP contribution in [0.15, 0.2) is 47.6 Å². The van der Waals surface area contributed by atoms with Crippen LogP contribution in [-0.2, 0) is 11.3 Å². The Morgan fingerprint density at radius 3 is 2.86 bits per heavy atom. The lowest BCUT2D eigenvalue weighted by atomic mass is 10.2. The molecule has 0 spiro atoms. The highest BCUT2D eigenvalue weighted by molar-refractivity contribution is 5.93. The standard InChI is InChI=1S/C22H30N4O3/c1-23-22(26-19-5-3-6-20(14-19)28-12-4-11-27-2)25-15-18-9-10-24-21(13-18)29-16-17-7-8-17/h3,5-6,9-10,13-14,17H,4,7-8,11-12,15-16H2,1-2H3,(H2,23,25,26). The first-order chi connectivity index (χ1) is 14.3. The van der Waals surface area contributed by atoms with Crippen LogP contribution in [0.2, 0.25) is 0 Å². The smallest absolute Gasteiger partial charge is 0.213 e. The van der Waals surface area contributed by atoms with Gasteiger partial charge in [-0.15, -0.1) is 0 Å². The summed E-state index contributed by atoms with van der Waals surface area (Å²) in [4.78, 5) is 8.58. The first-order valence-corrected chi connectivity index (χ1v) is 10.0. The van der Waals surface area contributed by atoms with Gasteiger partial charge in [0.05, 0.1) is 13.2 Å². The molecule has 0 saturated heterocycles. The Balaban J connectivity index is 1.48. The van der Waals surface area contributed by atoms with E-state index >= 15 is 0 Å². The lowest BCUT2D eigenvalue weighted by Gasteiger charge is -2.13. The fourth-order valence-electron chi connectivity index (χ4n) is 2.69. The minimum atomic E-state index is 0.620. The van der Waals surface area contributed by atoms with Gasteiger partial charge in [0.2, 0.25) is 5.88 Å². The molecule has 1 aromatic carbocycles. The molecule has 156 valence electrons. The largest absolute Gasteiger partial charge is 0.493 e. The minimum absolute atomic E-state index is 0.620. The van der Waals surface area contributed by atoms with Gasteiger partial charge in [0, 0.05) is 57.7 Å². The third-order valence-electron chi connectivity index (χ3n) is 4.50. The summed E-state index contributed by atoms with van der Waals surface area (Å²) in [5, 5.41) is 6.61. The second kappa shape index (κ2) is 11.3. The molecule has 0 atom stereocenters. The molecule has 1 fully saturated rings. The normalized spacial score (nSPS) is 13.8. The highest BCUT2D eigenvalue weighted by Crippen LogP contribution is 2.29. The summed E-state index contributed by atoms with van der Waals surface area (Å²) in [6, 6.07) is 11.8. The van der Waals surface area contributed by atoms with E-state index in [0.29, 0.717) is 37.5 Å². The summed E-state index contributed by atoms with van der Waals surface area (Å²) < 4.78 is 16.5. The van der Waals surface area contributed by atoms with Crippen molar-refractivity contribution in [3.8, 4) is 11.6 Å². The van der Waals surface area contributed by atoms with E-state index < -0.39 is 0 Å². The van der Waals surface area contributed by atoms with Crippen molar-refractivity contribution in [2.75, 3.05) is 39.3 Å². The van der Waals surface area contributed by atoms with E-state index in [1.54, 1.807) is 20.4 Å². The van der Waals surface area contributed by atoms with Crippen LogP contribution < -0.4 is 20.1 Å². The van der Waals surface area contributed by atoms with Crippen molar-refractivity contribution in [1.82, 2.24) is 10.3 Å². The van der Waals surface area contributed by atoms with Gasteiger partial charge in [-0.2, -0.15) is 0 Å². The van der Waals surface area contributed by atoms with Crippen molar-refractivity contribution >= 4 is 11.6 Å². The molecular formula is C22H30N4O3. The molecule has 2 aromatic rings. The van der Waals surface area contributed by atoms with Gasteiger partial charge < -0.3 is 24.8 Å². The van der Waals surface area contributed by atoms with Crippen LogP contribution in [0.5, 0.6) is 11.6 Å². The van der Waals surface area contributed by atoms with Gasteiger partial charge in [-0.3, -0.25) is 4.99 Å². The zero-order valence-corrected chi connectivity index (χ0v) is 17.2. The molecule has 3 rings (SSSR count). The highest BCUT2D eigenvalue weighted by Gasteiger charge is 2.22. The zero-order chi connectivity index (χ0) is 20.3. The van der Waals surface area contributed by atoms with E-state index in [9.17, 15) is 0 Å². The van der Waals surface area contributed by atoms with Crippen molar-refractivity contribution in [3.05, 3.63) is 48.2 Å². The van der Waals surface area contributed by atoms with Crippen LogP contribution in [0.1, 0.15) is 24.8 Å². The molecule has 1 saturated carbocycles. The number of guanidine groups is 1. The number of anilines is 1. The van der Waals surface area contributed by atoms with Crippen molar-refractivity contribution in [2.24, 2.45) is 10.9 Å².